The number of benzene rings is 1. The second-order valence-electron chi connectivity index (χ2n) is 3.78. The van der Waals surface area contributed by atoms with E-state index in [1.54, 1.807) is 12.1 Å². The zero-order valence-corrected chi connectivity index (χ0v) is 10.9. The maximum Gasteiger partial charge on any atom is 0.411 e. The van der Waals surface area contributed by atoms with Crippen LogP contribution < -0.4 is 10.5 Å². The fourth-order valence-electron chi connectivity index (χ4n) is 1.46. The van der Waals surface area contributed by atoms with Crippen LogP contribution in [0.1, 0.15) is 5.56 Å². The standard InChI is InChI=1S/C12H15ClF3NO2/c13-10-3-1-2-9(4-5-17)11(10)19-7-6-18-8-12(14,15)16/h1-3H,4-8,17H2. The highest BCUT2D eigenvalue weighted by atomic mass is 35.5. The van der Waals surface area contributed by atoms with E-state index in [1.165, 1.54) is 0 Å². The van der Waals surface area contributed by atoms with Crippen LogP contribution in [-0.2, 0) is 11.2 Å². The van der Waals surface area contributed by atoms with Gasteiger partial charge in [-0.2, -0.15) is 13.2 Å². The first-order chi connectivity index (χ1) is 8.94. The summed E-state index contributed by atoms with van der Waals surface area (Å²) in [5.74, 6) is 0.449. The van der Waals surface area contributed by atoms with E-state index in [-0.39, 0.29) is 13.2 Å². The predicted molar refractivity (Wildman–Crippen MR) is 66.6 cm³/mol. The fraction of sp³-hybridized carbons (Fsp3) is 0.500. The molecule has 0 aliphatic heterocycles. The molecule has 7 heteroatoms. The first-order valence-electron chi connectivity index (χ1n) is 5.69. The molecule has 108 valence electrons. The van der Waals surface area contributed by atoms with Crippen LogP contribution in [-0.4, -0.2) is 32.5 Å². The molecule has 0 atom stereocenters. The van der Waals surface area contributed by atoms with E-state index in [1.807, 2.05) is 6.07 Å². The Morgan fingerprint density at radius 1 is 1.21 bits per heavy atom. The Bertz CT molecular complexity index is 399. The van der Waals surface area contributed by atoms with E-state index in [2.05, 4.69) is 4.74 Å². The lowest BCUT2D eigenvalue weighted by molar-refractivity contribution is -0.175. The molecule has 1 aromatic rings. The molecule has 0 saturated heterocycles. The number of alkyl halides is 3. The van der Waals surface area contributed by atoms with Gasteiger partial charge in [0.1, 0.15) is 19.0 Å². The summed E-state index contributed by atoms with van der Waals surface area (Å²) in [5.41, 5.74) is 6.28. The first kappa shape index (κ1) is 16.1. The molecule has 0 aliphatic carbocycles. The van der Waals surface area contributed by atoms with Crippen LogP contribution in [0.3, 0.4) is 0 Å². The lowest BCUT2D eigenvalue weighted by Crippen LogP contribution is -2.19. The molecule has 0 aromatic heterocycles. The van der Waals surface area contributed by atoms with Crippen molar-refractivity contribution in [2.24, 2.45) is 5.73 Å². The van der Waals surface area contributed by atoms with E-state index in [0.717, 1.165) is 5.56 Å². The van der Waals surface area contributed by atoms with Crippen molar-refractivity contribution in [3.63, 3.8) is 0 Å². The second kappa shape index (κ2) is 7.57. The number of nitrogens with two attached hydrogens (primary N) is 1. The van der Waals surface area contributed by atoms with Gasteiger partial charge in [0, 0.05) is 0 Å². The lowest BCUT2D eigenvalue weighted by atomic mass is 10.1. The Balaban J connectivity index is 2.44. The summed E-state index contributed by atoms with van der Waals surface area (Å²) in [6.07, 6.45) is -3.74. The summed E-state index contributed by atoms with van der Waals surface area (Å²) >= 11 is 5.96. The van der Waals surface area contributed by atoms with Crippen molar-refractivity contribution in [2.45, 2.75) is 12.6 Å². The van der Waals surface area contributed by atoms with Gasteiger partial charge in [0.2, 0.25) is 0 Å². The van der Waals surface area contributed by atoms with Gasteiger partial charge in [-0.05, 0) is 24.6 Å². The van der Waals surface area contributed by atoms with Gasteiger partial charge < -0.3 is 15.2 Å². The molecule has 0 bridgehead atoms. The molecule has 0 unspecified atom stereocenters. The van der Waals surface area contributed by atoms with Crippen molar-refractivity contribution < 1.29 is 22.6 Å². The molecule has 1 rings (SSSR count). The number of halogens is 4. The van der Waals surface area contributed by atoms with Crippen LogP contribution in [0.25, 0.3) is 0 Å². The Labute approximate surface area is 114 Å². The third-order valence-electron chi connectivity index (χ3n) is 2.20. The summed E-state index contributed by atoms with van der Waals surface area (Å²) in [5, 5.41) is 0.404. The summed E-state index contributed by atoms with van der Waals surface area (Å²) < 4.78 is 45.3. The van der Waals surface area contributed by atoms with Crippen molar-refractivity contribution in [2.75, 3.05) is 26.4 Å². The highest BCUT2D eigenvalue weighted by Gasteiger charge is 2.27. The molecule has 19 heavy (non-hydrogen) atoms. The van der Waals surface area contributed by atoms with Crippen molar-refractivity contribution >= 4 is 11.6 Å². The Morgan fingerprint density at radius 2 is 1.95 bits per heavy atom. The Morgan fingerprint density at radius 3 is 2.58 bits per heavy atom. The molecule has 0 heterocycles. The highest BCUT2D eigenvalue weighted by molar-refractivity contribution is 6.32. The fourth-order valence-corrected chi connectivity index (χ4v) is 1.71. The van der Waals surface area contributed by atoms with Crippen molar-refractivity contribution in [1.29, 1.82) is 0 Å². The maximum absolute atomic E-state index is 11.8. The molecule has 0 fully saturated rings. The number of ether oxygens (including phenoxy) is 2. The van der Waals surface area contributed by atoms with Gasteiger partial charge in [-0.15, -0.1) is 0 Å². The molecule has 0 aliphatic rings. The Hall–Kier alpha value is -0.980. The Kier molecular flexibility index (Phi) is 6.41. The van der Waals surface area contributed by atoms with E-state index in [0.29, 0.717) is 23.7 Å². The number of hydrogen-bond acceptors (Lipinski definition) is 3. The van der Waals surface area contributed by atoms with Gasteiger partial charge in [-0.1, -0.05) is 23.7 Å². The third-order valence-corrected chi connectivity index (χ3v) is 2.50. The molecule has 1 aromatic carbocycles. The molecule has 0 spiro atoms. The largest absolute Gasteiger partial charge is 0.489 e. The van der Waals surface area contributed by atoms with E-state index >= 15 is 0 Å². The van der Waals surface area contributed by atoms with E-state index in [9.17, 15) is 13.2 Å². The van der Waals surface area contributed by atoms with Crippen molar-refractivity contribution in [3.05, 3.63) is 28.8 Å². The molecule has 0 amide bonds. The minimum atomic E-state index is -4.32. The molecule has 0 radical (unpaired) electrons. The normalized spacial score (nSPS) is 11.6. The molecule has 0 saturated carbocycles. The van der Waals surface area contributed by atoms with Crippen LogP contribution in [0.2, 0.25) is 5.02 Å². The summed E-state index contributed by atoms with van der Waals surface area (Å²) in [6, 6.07) is 5.22. The van der Waals surface area contributed by atoms with Crippen LogP contribution in [0.15, 0.2) is 18.2 Å². The maximum atomic E-state index is 11.8. The van der Waals surface area contributed by atoms with Crippen molar-refractivity contribution in [3.8, 4) is 5.75 Å². The molecule has 3 nitrogen and oxygen atoms in total. The zero-order valence-electron chi connectivity index (χ0n) is 10.2. The summed E-state index contributed by atoms with van der Waals surface area (Å²) in [6.45, 7) is -1.01. The summed E-state index contributed by atoms with van der Waals surface area (Å²) in [7, 11) is 0. The van der Waals surface area contributed by atoms with Crippen LogP contribution in [0, 0.1) is 0 Å². The monoisotopic (exact) mass is 297 g/mol. The third kappa shape index (κ3) is 6.13. The van der Waals surface area contributed by atoms with Crippen LogP contribution in [0.5, 0.6) is 5.75 Å². The smallest absolute Gasteiger partial charge is 0.411 e. The van der Waals surface area contributed by atoms with Gasteiger partial charge in [0.25, 0.3) is 0 Å². The zero-order chi connectivity index (χ0) is 14.3. The van der Waals surface area contributed by atoms with E-state index in [4.69, 9.17) is 22.1 Å². The molecular weight excluding hydrogens is 283 g/mol. The first-order valence-corrected chi connectivity index (χ1v) is 6.06. The SMILES string of the molecule is NCCc1cccc(Cl)c1OCCOCC(F)(F)F. The van der Waals surface area contributed by atoms with Gasteiger partial charge in [-0.3, -0.25) is 0 Å². The van der Waals surface area contributed by atoms with Crippen LogP contribution in [0.4, 0.5) is 13.2 Å². The molecule has 2 N–H and O–H groups in total. The minimum absolute atomic E-state index is 0.00259. The predicted octanol–water partition coefficient (Wildman–Crippen LogP) is 2.80. The quantitative estimate of drug-likeness (QED) is 0.787. The highest BCUT2D eigenvalue weighted by Crippen LogP contribution is 2.28. The minimum Gasteiger partial charge on any atom is -0.489 e. The van der Waals surface area contributed by atoms with Gasteiger partial charge in [0.05, 0.1) is 11.6 Å². The topological polar surface area (TPSA) is 44.5 Å². The number of rotatable bonds is 7. The van der Waals surface area contributed by atoms with Gasteiger partial charge >= 0.3 is 6.18 Å². The van der Waals surface area contributed by atoms with Crippen molar-refractivity contribution in [1.82, 2.24) is 0 Å². The number of hydrogen-bond donors (Lipinski definition) is 1. The lowest BCUT2D eigenvalue weighted by Gasteiger charge is -2.13. The van der Waals surface area contributed by atoms with E-state index < -0.39 is 12.8 Å². The average molecular weight is 298 g/mol. The second-order valence-corrected chi connectivity index (χ2v) is 4.19. The summed E-state index contributed by atoms with van der Waals surface area (Å²) in [4.78, 5) is 0. The average Bonchev–Trinajstić information content (AvgIpc) is 2.31. The molecular formula is C12H15ClF3NO2. The van der Waals surface area contributed by atoms with Gasteiger partial charge in [0.15, 0.2) is 0 Å². The van der Waals surface area contributed by atoms with Gasteiger partial charge in [-0.25, -0.2) is 0 Å². The number of para-hydroxylation sites is 1. The van der Waals surface area contributed by atoms with Crippen LogP contribution >= 0.6 is 11.6 Å².